The number of rotatable bonds is 2. The Balaban J connectivity index is 2.30. The van der Waals surface area contributed by atoms with Crippen LogP contribution in [0.3, 0.4) is 0 Å². The van der Waals surface area contributed by atoms with Crippen molar-refractivity contribution in [3.63, 3.8) is 0 Å². The number of nitrogens with one attached hydrogen (secondary N) is 1. The number of carbonyl (C=O) groups is 1. The molecule has 0 aliphatic heterocycles. The van der Waals surface area contributed by atoms with Crippen molar-refractivity contribution in [2.24, 2.45) is 0 Å². The van der Waals surface area contributed by atoms with E-state index in [1.807, 2.05) is 5.32 Å². The first-order chi connectivity index (χ1) is 10.6. The van der Waals surface area contributed by atoms with Crippen molar-refractivity contribution >= 4 is 23.2 Å². The van der Waals surface area contributed by atoms with Crippen molar-refractivity contribution in [3.8, 4) is 0 Å². The van der Waals surface area contributed by atoms with Gasteiger partial charge in [-0.25, -0.2) is 4.39 Å². The van der Waals surface area contributed by atoms with Crippen LogP contribution in [-0.2, 0) is 6.18 Å². The van der Waals surface area contributed by atoms with Crippen LogP contribution in [0.5, 0.6) is 0 Å². The van der Waals surface area contributed by atoms with E-state index in [0.717, 1.165) is 12.1 Å². The zero-order chi connectivity index (χ0) is 17.4. The molecule has 1 aromatic carbocycles. The third kappa shape index (κ3) is 3.73. The van der Waals surface area contributed by atoms with Gasteiger partial charge in [-0.1, -0.05) is 11.6 Å². The molecule has 1 aromatic heterocycles. The van der Waals surface area contributed by atoms with E-state index < -0.39 is 45.9 Å². The Morgan fingerprint density at radius 2 is 1.78 bits per heavy atom. The highest BCUT2D eigenvalue weighted by Crippen LogP contribution is 2.35. The fourth-order valence-electron chi connectivity index (χ4n) is 1.66. The second kappa shape index (κ2) is 6.07. The molecule has 23 heavy (non-hydrogen) atoms. The van der Waals surface area contributed by atoms with Crippen molar-refractivity contribution in [2.45, 2.75) is 6.18 Å². The summed E-state index contributed by atoms with van der Waals surface area (Å²) in [6.07, 6.45) is -4.69. The highest BCUT2D eigenvalue weighted by molar-refractivity contribution is 6.31. The molecular formula is C13H5ClF6N2O. The van der Waals surface area contributed by atoms with Crippen LogP contribution in [0.2, 0.25) is 5.02 Å². The molecule has 0 aliphatic rings. The van der Waals surface area contributed by atoms with Gasteiger partial charge in [0.05, 0.1) is 16.1 Å². The highest BCUT2D eigenvalue weighted by Gasteiger charge is 2.33. The summed E-state index contributed by atoms with van der Waals surface area (Å²) >= 11 is 5.45. The van der Waals surface area contributed by atoms with Gasteiger partial charge in [-0.05, 0) is 18.2 Å². The monoisotopic (exact) mass is 354 g/mol. The van der Waals surface area contributed by atoms with Gasteiger partial charge in [-0.15, -0.1) is 0 Å². The van der Waals surface area contributed by atoms with Crippen molar-refractivity contribution in [1.82, 2.24) is 4.98 Å². The van der Waals surface area contributed by atoms with Crippen LogP contribution in [-0.4, -0.2) is 10.9 Å². The molecule has 3 nitrogen and oxygen atoms in total. The number of amides is 1. The fraction of sp³-hybridized carbons (Fsp3) is 0.0769. The molecule has 2 aromatic rings. The van der Waals surface area contributed by atoms with Crippen molar-refractivity contribution in [1.29, 1.82) is 0 Å². The van der Waals surface area contributed by atoms with Crippen LogP contribution in [0.1, 0.15) is 15.9 Å². The molecule has 0 atom stereocenters. The molecule has 0 saturated heterocycles. The molecular weight excluding hydrogens is 350 g/mol. The summed E-state index contributed by atoms with van der Waals surface area (Å²) in [4.78, 5) is 14.3. The zero-order valence-corrected chi connectivity index (χ0v) is 11.6. The van der Waals surface area contributed by atoms with E-state index in [1.165, 1.54) is 0 Å². The van der Waals surface area contributed by atoms with Gasteiger partial charge in [-0.2, -0.15) is 26.9 Å². The molecule has 122 valence electrons. The molecule has 1 heterocycles. The Hall–Kier alpha value is -2.29. The summed E-state index contributed by atoms with van der Waals surface area (Å²) in [5.41, 5.74) is -2.35. The topological polar surface area (TPSA) is 42.0 Å². The molecule has 0 saturated carbocycles. The van der Waals surface area contributed by atoms with Crippen LogP contribution in [0.15, 0.2) is 24.3 Å². The molecule has 0 radical (unpaired) electrons. The van der Waals surface area contributed by atoms with Crippen LogP contribution in [0.4, 0.5) is 32.0 Å². The Bertz CT molecular complexity index is 778. The van der Waals surface area contributed by atoms with Crippen molar-refractivity contribution in [3.05, 3.63) is 58.1 Å². The first-order valence-corrected chi connectivity index (χ1v) is 6.17. The Kier molecular flexibility index (Phi) is 4.51. The van der Waals surface area contributed by atoms with Gasteiger partial charge in [-0.3, -0.25) is 4.79 Å². The number of anilines is 1. The maximum atomic E-state index is 13.4. The lowest BCUT2D eigenvalue weighted by atomic mass is 10.2. The number of hydrogen-bond donors (Lipinski definition) is 1. The molecule has 0 aliphatic carbocycles. The SMILES string of the molecule is O=C(Nc1ccc(C(F)(F)F)c(Cl)c1)c1cc(F)nc(F)c1F. The number of aromatic nitrogens is 1. The second-order valence-corrected chi connectivity index (χ2v) is 4.65. The van der Waals surface area contributed by atoms with E-state index in [-0.39, 0.29) is 5.69 Å². The first-order valence-electron chi connectivity index (χ1n) is 5.79. The van der Waals surface area contributed by atoms with Gasteiger partial charge >= 0.3 is 6.18 Å². The van der Waals surface area contributed by atoms with E-state index in [1.54, 1.807) is 0 Å². The molecule has 1 amide bonds. The third-order valence-corrected chi connectivity index (χ3v) is 2.98. The average Bonchev–Trinajstić information content (AvgIpc) is 2.41. The predicted octanol–water partition coefficient (Wildman–Crippen LogP) is 4.42. The van der Waals surface area contributed by atoms with Crippen molar-refractivity contribution in [2.75, 3.05) is 5.32 Å². The van der Waals surface area contributed by atoms with Gasteiger partial charge in [0.25, 0.3) is 11.9 Å². The number of halogens is 7. The predicted molar refractivity (Wildman–Crippen MR) is 68.5 cm³/mol. The molecule has 0 unspecified atom stereocenters. The summed E-state index contributed by atoms with van der Waals surface area (Å²) in [6, 6.07) is 2.58. The van der Waals surface area contributed by atoms with Gasteiger partial charge < -0.3 is 5.32 Å². The van der Waals surface area contributed by atoms with E-state index in [9.17, 15) is 31.1 Å². The number of carbonyl (C=O) groups excluding carboxylic acids is 1. The summed E-state index contributed by atoms with van der Waals surface area (Å²) in [6.45, 7) is 0. The van der Waals surface area contributed by atoms with E-state index in [0.29, 0.717) is 12.1 Å². The second-order valence-electron chi connectivity index (χ2n) is 4.24. The van der Waals surface area contributed by atoms with Crippen LogP contribution >= 0.6 is 11.6 Å². The number of hydrogen-bond acceptors (Lipinski definition) is 2. The van der Waals surface area contributed by atoms with E-state index in [2.05, 4.69) is 4.98 Å². The Morgan fingerprint density at radius 1 is 1.13 bits per heavy atom. The van der Waals surface area contributed by atoms with Crippen LogP contribution < -0.4 is 5.32 Å². The average molecular weight is 355 g/mol. The van der Waals surface area contributed by atoms with Crippen LogP contribution in [0, 0.1) is 17.7 Å². The number of benzene rings is 1. The first kappa shape index (κ1) is 17.1. The number of pyridine rings is 1. The van der Waals surface area contributed by atoms with Crippen LogP contribution in [0.25, 0.3) is 0 Å². The minimum Gasteiger partial charge on any atom is -0.322 e. The number of alkyl halides is 3. The summed E-state index contributed by atoms with van der Waals surface area (Å²) in [7, 11) is 0. The zero-order valence-electron chi connectivity index (χ0n) is 10.8. The number of nitrogens with zero attached hydrogens (tertiary/aromatic N) is 1. The molecule has 0 fully saturated rings. The molecule has 0 spiro atoms. The lowest BCUT2D eigenvalue weighted by Gasteiger charge is -2.11. The van der Waals surface area contributed by atoms with E-state index >= 15 is 0 Å². The maximum Gasteiger partial charge on any atom is 0.417 e. The molecule has 10 heteroatoms. The maximum absolute atomic E-state index is 13.4. The van der Waals surface area contributed by atoms with Crippen molar-refractivity contribution < 1.29 is 31.1 Å². The third-order valence-electron chi connectivity index (χ3n) is 2.66. The summed E-state index contributed by atoms with van der Waals surface area (Å²) in [5, 5.41) is 1.28. The summed E-state index contributed by atoms with van der Waals surface area (Å²) < 4.78 is 76.9. The largest absolute Gasteiger partial charge is 0.417 e. The minimum absolute atomic E-state index is 0.218. The highest BCUT2D eigenvalue weighted by atomic mass is 35.5. The van der Waals surface area contributed by atoms with Gasteiger partial charge in [0, 0.05) is 11.8 Å². The Labute approximate surface area is 129 Å². The molecule has 0 bridgehead atoms. The standard InChI is InChI=1S/C13H5ClF6N2O/c14-8-3-5(1-2-7(8)13(18,19)20)21-12(23)6-4-9(15)22-11(17)10(6)16/h1-4H,(H,21,23). The Morgan fingerprint density at radius 3 is 2.35 bits per heavy atom. The molecule has 1 N–H and O–H groups in total. The molecule has 2 rings (SSSR count). The van der Waals surface area contributed by atoms with E-state index in [4.69, 9.17) is 11.6 Å². The summed E-state index contributed by atoms with van der Waals surface area (Å²) in [5.74, 6) is -6.22. The van der Waals surface area contributed by atoms with Gasteiger partial charge in [0.2, 0.25) is 5.95 Å². The fourth-order valence-corrected chi connectivity index (χ4v) is 1.94. The van der Waals surface area contributed by atoms with Gasteiger partial charge in [0.1, 0.15) is 0 Å². The normalized spacial score (nSPS) is 11.4. The minimum atomic E-state index is -4.69. The smallest absolute Gasteiger partial charge is 0.322 e. The van der Waals surface area contributed by atoms with Gasteiger partial charge in [0.15, 0.2) is 5.82 Å². The lowest BCUT2D eigenvalue weighted by molar-refractivity contribution is -0.137. The quantitative estimate of drug-likeness (QED) is 0.640. The lowest BCUT2D eigenvalue weighted by Crippen LogP contribution is -2.16.